The van der Waals surface area contributed by atoms with E-state index in [4.69, 9.17) is 0 Å². The smallest absolute Gasteiger partial charge is 0.255 e. The molecule has 0 saturated carbocycles. The minimum absolute atomic E-state index is 0.193. The Hall–Kier alpha value is -0.350. The molecule has 0 spiro atoms. The first-order valence-corrected chi connectivity index (χ1v) is 7.37. The van der Waals surface area contributed by atoms with Crippen LogP contribution in [0, 0.1) is 0 Å². The Morgan fingerprint density at radius 3 is 2.94 bits per heavy atom. The molecule has 1 aromatic rings. The second kappa shape index (κ2) is 4.88. The van der Waals surface area contributed by atoms with E-state index in [-0.39, 0.29) is 5.91 Å². The molecule has 1 saturated heterocycles. The highest BCUT2D eigenvalue weighted by Crippen LogP contribution is 2.29. The standard InChI is InChI=1S/C12H16BrNOS/c1-3-10-5-4-8(2)14(10)12(15)9-6-11(13)16-7-9/h6-8,10H,3-5H2,1-2H3. The van der Waals surface area contributed by atoms with E-state index < -0.39 is 0 Å². The molecule has 0 radical (unpaired) electrons. The van der Waals surface area contributed by atoms with Crippen LogP contribution >= 0.6 is 27.3 Å². The van der Waals surface area contributed by atoms with Gasteiger partial charge in [0, 0.05) is 17.5 Å². The highest BCUT2D eigenvalue weighted by molar-refractivity contribution is 9.11. The predicted octanol–water partition coefficient (Wildman–Crippen LogP) is 3.91. The SMILES string of the molecule is CCC1CCC(C)N1C(=O)c1csc(Br)c1. The summed E-state index contributed by atoms with van der Waals surface area (Å²) in [6, 6.07) is 2.74. The maximum absolute atomic E-state index is 12.4. The number of thiophene rings is 1. The number of hydrogen-bond donors (Lipinski definition) is 0. The number of carbonyl (C=O) groups is 1. The lowest BCUT2D eigenvalue weighted by atomic mass is 10.1. The molecule has 1 aliphatic heterocycles. The molecule has 1 amide bonds. The van der Waals surface area contributed by atoms with Crippen LogP contribution in [0.5, 0.6) is 0 Å². The Bertz CT molecular complexity index is 390. The third-order valence-electron chi connectivity index (χ3n) is 3.31. The van der Waals surface area contributed by atoms with Gasteiger partial charge in [-0.2, -0.15) is 0 Å². The van der Waals surface area contributed by atoms with Crippen molar-refractivity contribution in [2.45, 2.75) is 45.2 Å². The van der Waals surface area contributed by atoms with E-state index in [0.717, 1.165) is 28.6 Å². The largest absolute Gasteiger partial charge is 0.333 e. The van der Waals surface area contributed by atoms with Gasteiger partial charge in [-0.15, -0.1) is 11.3 Å². The van der Waals surface area contributed by atoms with Gasteiger partial charge in [-0.1, -0.05) is 6.92 Å². The van der Waals surface area contributed by atoms with Crippen molar-refractivity contribution in [2.24, 2.45) is 0 Å². The molecular formula is C12H16BrNOS. The van der Waals surface area contributed by atoms with Crippen molar-refractivity contribution in [3.05, 3.63) is 20.8 Å². The third kappa shape index (κ3) is 2.18. The van der Waals surface area contributed by atoms with Crippen LogP contribution < -0.4 is 0 Å². The maximum atomic E-state index is 12.4. The lowest BCUT2D eigenvalue weighted by Gasteiger charge is -2.27. The summed E-state index contributed by atoms with van der Waals surface area (Å²) in [6.07, 6.45) is 3.34. The van der Waals surface area contributed by atoms with Crippen LogP contribution in [0.3, 0.4) is 0 Å². The van der Waals surface area contributed by atoms with Gasteiger partial charge in [0.1, 0.15) is 0 Å². The van der Waals surface area contributed by atoms with Crippen molar-refractivity contribution in [1.82, 2.24) is 4.90 Å². The molecule has 2 unspecified atom stereocenters. The molecule has 2 rings (SSSR count). The van der Waals surface area contributed by atoms with Gasteiger partial charge in [0.15, 0.2) is 0 Å². The molecule has 2 atom stereocenters. The van der Waals surface area contributed by atoms with E-state index in [2.05, 4.69) is 34.7 Å². The number of nitrogens with zero attached hydrogens (tertiary/aromatic N) is 1. The molecule has 88 valence electrons. The topological polar surface area (TPSA) is 20.3 Å². The second-order valence-electron chi connectivity index (χ2n) is 4.34. The zero-order chi connectivity index (χ0) is 11.7. The number of rotatable bonds is 2. The van der Waals surface area contributed by atoms with Gasteiger partial charge in [-0.25, -0.2) is 0 Å². The fourth-order valence-electron chi connectivity index (χ4n) is 2.41. The van der Waals surface area contributed by atoms with Gasteiger partial charge in [0.05, 0.1) is 9.35 Å². The van der Waals surface area contributed by atoms with Crippen molar-refractivity contribution < 1.29 is 4.79 Å². The van der Waals surface area contributed by atoms with Gasteiger partial charge >= 0.3 is 0 Å². The van der Waals surface area contributed by atoms with E-state index in [9.17, 15) is 4.79 Å². The van der Waals surface area contributed by atoms with Crippen LogP contribution in [0.15, 0.2) is 15.2 Å². The van der Waals surface area contributed by atoms with E-state index in [1.165, 1.54) is 0 Å². The molecule has 1 aromatic heterocycles. The Morgan fingerprint density at radius 1 is 1.62 bits per heavy atom. The van der Waals surface area contributed by atoms with E-state index >= 15 is 0 Å². The summed E-state index contributed by atoms with van der Waals surface area (Å²) in [7, 11) is 0. The van der Waals surface area contributed by atoms with E-state index in [1.54, 1.807) is 11.3 Å². The van der Waals surface area contributed by atoms with E-state index in [1.807, 2.05) is 11.4 Å². The molecular weight excluding hydrogens is 286 g/mol. The minimum Gasteiger partial charge on any atom is -0.333 e. The van der Waals surface area contributed by atoms with Crippen molar-refractivity contribution in [3.63, 3.8) is 0 Å². The number of amides is 1. The lowest BCUT2D eigenvalue weighted by molar-refractivity contribution is 0.0677. The van der Waals surface area contributed by atoms with Gasteiger partial charge < -0.3 is 4.90 Å². The van der Waals surface area contributed by atoms with Gasteiger partial charge in [-0.05, 0) is 48.2 Å². The van der Waals surface area contributed by atoms with Gasteiger partial charge in [-0.3, -0.25) is 4.79 Å². The lowest BCUT2D eigenvalue weighted by Crippen LogP contribution is -2.39. The van der Waals surface area contributed by atoms with Crippen molar-refractivity contribution in [2.75, 3.05) is 0 Å². The van der Waals surface area contributed by atoms with Crippen LogP contribution in [-0.2, 0) is 0 Å². The summed E-state index contributed by atoms with van der Waals surface area (Å²) in [5.41, 5.74) is 0.823. The highest BCUT2D eigenvalue weighted by Gasteiger charge is 2.33. The summed E-state index contributed by atoms with van der Waals surface area (Å²) in [4.78, 5) is 14.4. The molecule has 0 aliphatic carbocycles. The average Bonchev–Trinajstić information content (AvgIpc) is 2.83. The summed E-state index contributed by atoms with van der Waals surface area (Å²) in [5.74, 6) is 0.193. The van der Waals surface area contributed by atoms with Gasteiger partial charge in [0.25, 0.3) is 5.91 Å². The summed E-state index contributed by atoms with van der Waals surface area (Å²) in [5, 5.41) is 1.93. The molecule has 16 heavy (non-hydrogen) atoms. The van der Waals surface area contributed by atoms with Crippen molar-refractivity contribution in [1.29, 1.82) is 0 Å². The van der Waals surface area contributed by atoms with Crippen molar-refractivity contribution >= 4 is 33.2 Å². The molecule has 1 aliphatic rings. The fraction of sp³-hybridized carbons (Fsp3) is 0.583. The summed E-state index contributed by atoms with van der Waals surface area (Å²) in [6.45, 7) is 4.31. The Labute approximate surface area is 109 Å². The van der Waals surface area contributed by atoms with Crippen LogP contribution in [0.2, 0.25) is 0 Å². The normalized spacial score (nSPS) is 25.1. The molecule has 1 fully saturated rings. The first-order chi connectivity index (χ1) is 7.63. The summed E-state index contributed by atoms with van der Waals surface area (Å²) < 4.78 is 1.02. The molecule has 4 heteroatoms. The second-order valence-corrected chi connectivity index (χ2v) is 6.63. The molecule has 0 N–H and O–H groups in total. The predicted molar refractivity (Wildman–Crippen MR) is 71.0 cm³/mol. The minimum atomic E-state index is 0.193. The molecule has 0 aromatic carbocycles. The van der Waals surface area contributed by atoms with Crippen LogP contribution in [0.4, 0.5) is 0 Å². The number of halogens is 1. The summed E-state index contributed by atoms with van der Waals surface area (Å²) >= 11 is 4.97. The first-order valence-electron chi connectivity index (χ1n) is 5.70. The Morgan fingerprint density at radius 2 is 2.38 bits per heavy atom. The zero-order valence-corrected chi connectivity index (χ0v) is 12.0. The third-order valence-corrected chi connectivity index (χ3v) is 4.81. The van der Waals surface area contributed by atoms with Crippen molar-refractivity contribution in [3.8, 4) is 0 Å². The fourth-order valence-corrected chi connectivity index (χ4v) is 3.54. The van der Waals surface area contributed by atoms with E-state index in [0.29, 0.717) is 12.1 Å². The monoisotopic (exact) mass is 301 g/mol. The Balaban J connectivity index is 2.20. The van der Waals surface area contributed by atoms with Gasteiger partial charge in [0.2, 0.25) is 0 Å². The number of hydrogen-bond acceptors (Lipinski definition) is 2. The highest BCUT2D eigenvalue weighted by atomic mass is 79.9. The van der Waals surface area contributed by atoms with Crippen LogP contribution in [-0.4, -0.2) is 22.9 Å². The zero-order valence-electron chi connectivity index (χ0n) is 9.57. The maximum Gasteiger partial charge on any atom is 0.255 e. The molecule has 2 heterocycles. The molecule has 0 bridgehead atoms. The first kappa shape index (κ1) is 12.1. The quantitative estimate of drug-likeness (QED) is 0.811. The average molecular weight is 302 g/mol. The Kier molecular flexibility index (Phi) is 3.70. The van der Waals surface area contributed by atoms with Crippen LogP contribution in [0.1, 0.15) is 43.5 Å². The number of carbonyl (C=O) groups excluding carboxylic acids is 1. The number of likely N-dealkylation sites (tertiary alicyclic amines) is 1. The molecule has 2 nitrogen and oxygen atoms in total. The van der Waals surface area contributed by atoms with Crippen LogP contribution in [0.25, 0.3) is 0 Å².